The average Bonchev–Trinajstić information content (AvgIpc) is 2.87. The molecule has 0 spiro atoms. The molecule has 1 fully saturated rings. The summed E-state index contributed by atoms with van der Waals surface area (Å²) >= 11 is 0. The molecule has 1 aliphatic rings. The van der Waals surface area contributed by atoms with Crippen LogP contribution in [0.3, 0.4) is 0 Å². The molecular formula is C19H30N2O3. The van der Waals surface area contributed by atoms with Gasteiger partial charge in [0.1, 0.15) is 0 Å². The number of benzene rings is 1. The summed E-state index contributed by atoms with van der Waals surface area (Å²) in [7, 11) is 3.20. The lowest BCUT2D eigenvalue weighted by atomic mass is 10.1. The molecule has 0 saturated heterocycles. The number of carbonyl (C=O) groups excluding carboxylic acids is 1. The number of carbonyl (C=O) groups is 1. The summed E-state index contributed by atoms with van der Waals surface area (Å²) in [6.07, 6.45) is 8.25. The molecule has 0 heterocycles. The Balaban J connectivity index is 1.69. The highest BCUT2D eigenvalue weighted by Gasteiger charge is 2.11. The van der Waals surface area contributed by atoms with Gasteiger partial charge in [0.15, 0.2) is 11.5 Å². The van der Waals surface area contributed by atoms with Crippen LogP contribution in [0.15, 0.2) is 18.2 Å². The molecule has 5 heteroatoms. The molecule has 2 N–H and O–H groups in total. The van der Waals surface area contributed by atoms with Gasteiger partial charge in [-0.15, -0.1) is 0 Å². The third-order valence-corrected chi connectivity index (χ3v) is 4.55. The summed E-state index contributed by atoms with van der Waals surface area (Å²) in [6, 6.07) is 6.19. The molecule has 0 aliphatic heterocycles. The lowest BCUT2D eigenvalue weighted by Gasteiger charge is -2.16. The van der Waals surface area contributed by atoms with Crippen LogP contribution >= 0.6 is 0 Å². The number of rotatable bonds is 8. The number of hydrogen-bond acceptors (Lipinski definition) is 4. The van der Waals surface area contributed by atoms with Crippen LogP contribution < -0.4 is 20.1 Å². The quantitative estimate of drug-likeness (QED) is 0.567. The largest absolute Gasteiger partial charge is 0.493 e. The van der Waals surface area contributed by atoms with Gasteiger partial charge in [0, 0.05) is 19.1 Å². The molecule has 24 heavy (non-hydrogen) atoms. The molecule has 0 unspecified atom stereocenters. The number of hydrogen-bond donors (Lipinski definition) is 2. The zero-order valence-corrected chi connectivity index (χ0v) is 14.9. The summed E-state index contributed by atoms with van der Waals surface area (Å²) in [4.78, 5) is 12.1. The SMILES string of the molecule is COc1ccc(CC(=O)NCCNC2CCCCCC2)cc1OC. The lowest BCUT2D eigenvalue weighted by molar-refractivity contribution is -0.120. The highest BCUT2D eigenvalue weighted by atomic mass is 16.5. The highest BCUT2D eigenvalue weighted by Crippen LogP contribution is 2.27. The van der Waals surface area contributed by atoms with E-state index in [4.69, 9.17) is 9.47 Å². The van der Waals surface area contributed by atoms with E-state index in [-0.39, 0.29) is 5.91 Å². The molecule has 0 aromatic heterocycles. The van der Waals surface area contributed by atoms with Crippen molar-refractivity contribution in [2.75, 3.05) is 27.3 Å². The van der Waals surface area contributed by atoms with Gasteiger partial charge in [-0.2, -0.15) is 0 Å². The molecule has 2 rings (SSSR count). The van der Waals surface area contributed by atoms with Crippen LogP contribution in [-0.4, -0.2) is 39.3 Å². The van der Waals surface area contributed by atoms with Gasteiger partial charge in [-0.25, -0.2) is 0 Å². The molecule has 1 aliphatic carbocycles. The summed E-state index contributed by atoms with van der Waals surface area (Å²) in [6.45, 7) is 1.50. The molecule has 5 nitrogen and oxygen atoms in total. The first-order chi connectivity index (χ1) is 11.7. The maximum absolute atomic E-state index is 12.1. The minimum Gasteiger partial charge on any atom is -0.493 e. The van der Waals surface area contributed by atoms with E-state index in [0.29, 0.717) is 30.5 Å². The molecule has 1 aromatic carbocycles. The maximum Gasteiger partial charge on any atom is 0.224 e. The van der Waals surface area contributed by atoms with Gasteiger partial charge >= 0.3 is 0 Å². The second-order valence-corrected chi connectivity index (χ2v) is 6.36. The normalized spacial score (nSPS) is 15.6. The highest BCUT2D eigenvalue weighted by molar-refractivity contribution is 5.78. The van der Waals surface area contributed by atoms with E-state index in [1.807, 2.05) is 18.2 Å². The van der Waals surface area contributed by atoms with Crippen molar-refractivity contribution in [2.24, 2.45) is 0 Å². The molecule has 0 atom stereocenters. The van der Waals surface area contributed by atoms with E-state index < -0.39 is 0 Å². The summed E-state index contributed by atoms with van der Waals surface area (Å²) in [5.41, 5.74) is 0.918. The van der Waals surface area contributed by atoms with Gasteiger partial charge in [-0.1, -0.05) is 31.7 Å². The number of nitrogens with one attached hydrogen (secondary N) is 2. The van der Waals surface area contributed by atoms with Crippen molar-refractivity contribution in [3.05, 3.63) is 23.8 Å². The van der Waals surface area contributed by atoms with Crippen molar-refractivity contribution in [1.29, 1.82) is 0 Å². The Labute approximate surface area is 145 Å². The van der Waals surface area contributed by atoms with E-state index in [9.17, 15) is 4.79 Å². The Hall–Kier alpha value is -1.75. The first kappa shape index (κ1) is 18.6. The third kappa shape index (κ3) is 6.04. The Morgan fingerprint density at radius 2 is 1.75 bits per heavy atom. The van der Waals surface area contributed by atoms with Gasteiger partial charge in [0.25, 0.3) is 0 Å². The van der Waals surface area contributed by atoms with Crippen LogP contribution in [0.25, 0.3) is 0 Å². The predicted octanol–water partition coefficient (Wildman–Crippen LogP) is 2.67. The Bertz CT molecular complexity index is 511. The van der Waals surface area contributed by atoms with Crippen LogP contribution in [-0.2, 0) is 11.2 Å². The molecule has 1 aromatic rings. The minimum atomic E-state index is 0.0323. The number of ether oxygens (including phenoxy) is 2. The third-order valence-electron chi connectivity index (χ3n) is 4.55. The molecular weight excluding hydrogens is 304 g/mol. The standard InChI is InChI=1S/C19H30N2O3/c1-23-17-10-9-15(13-18(17)24-2)14-19(22)21-12-11-20-16-7-5-3-4-6-8-16/h9-10,13,16,20H,3-8,11-12,14H2,1-2H3,(H,21,22). The van der Waals surface area contributed by atoms with Crippen molar-refractivity contribution in [3.8, 4) is 11.5 Å². The van der Waals surface area contributed by atoms with Crippen LogP contribution in [0.4, 0.5) is 0 Å². The fourth-order valence-corrected chi connectivity index (χ4v) is 3.20. The van der Waals surface area contributed by atoms with Gasteiger partial charge in [0.2, 0.25) is 5.91 Å². The van der Waals surface area contributed by atoms with Crippen LogP contribution in [0.5, 0.6) is 11.5 Å². The van der Waals surface area contributed by atoms with E-state index in [2.05, 4.69) is 10.6 Å². The lowest BCUT2D eigenvalue weighted by Crippen LogP contribution is -2.37. The van der Waals surface area contributed by atoms with Gasteiger partial charge in [0.05, 0.1) is 20.6 Å². The number of methoxy groups -OCH3 is 2. The molecule has 134 valence electrons. The summed E-state index contributed by atoms with van der Waals surface area (Å²) in [5.74, 6) is 1.36. The topological polar surface area (TPSA) is 59.6 Å². The monoisotopic (exact) mass is 334 g/mol. The van der Waals surface area contributed by atoms with Crippen LogP contribution in [0.1, 0.15) is 44.1 Å². The minimum absolute atomic E-state index is 0.0323. The zero-order chi connectivity index (χ0) is 17.2. The Kier molecular flexibility index (Phi) is 7.89. The molecule has 1 amide bonds. The Morgan fingerprint density at radius 1 is 1.04 bits per heavy atom. The predicted molar refractivity (Wildman–Crippen MR) is 95.8 cm³/mol. The first-order valence-corrected chi connectivity index (χ1v) is 8.94. The van der Waals surface area contributed by atoms with E-state index in [1.165, 1.54) is 38.5 Å². The smallest absolute Gasteiger partial charge is 0.224 e. The van der Waals surface area contributed by atoms with Gasteiger partial charge in [-0.3, -0.25) is 4.79 Å². The summed E-state index contributed by atoms with van der Waals surface area (Å²) < 4.78 is 10.5. The molecule has 0 bridgehead atoms. The van der Waals surface area contributed by atoms with Crippen LogP contribution in [0, 0.1) is 0 Å². The van der Waals surface area contributed by atoms with Crippen LogP contribution in [0.2, 0.25) is 0 Å². The van der Waals surface area contributed by atoms with E-state index in [1.54, 1.807) is 14.2 Å². The van der Waals surface area contributed by atoms with Crippen molar-refractivity contribution in [1.82, 2.24) is 10.6 Å². The van der Waals surface area contributed by atoms with E-state index >= 15 is 0 Å². The van der Waals surface area contributed by atoms with Crippen molar-refractivity contribution in [2.45, 2.75) is 51.0 Å². The Morgan fingerprint density at radius 3 is 2.42 bits per heavy atom. The maximum atomic E-state index is 12.1. The van der Waals surface area contributed by atoms with E-state index in [0.717, 1.165) is 12.1 Å². The second-order valence-electron chi connectivity index (χ2n) is 6.36. The molecule has 0 radical (unpaired) electrons. The fourth-order valence-electron chi connectivity index (χ4n) is 3.20. The van der Waals surface area contributed by atoms with Crippen molar-refractivity contribution in [3.63, 3.8) is 0 Å². The first-order valence-electron chi connectivity index (χ1n) is 8.94. The van der Waals surface area contributed by atoms with Crippen molar-refractivity contribution >= 4 is 5.91 Å². The van der Waals surface area contributed by atoms with Gasteiger partial charge < -0.3 is 20.1 Å². The summed E-state index contributed by atoms with van der Waals surface area (Å²) in [5, 5.41) is 6.54. The second kappa shape index (κ2) is 10.2. The molecule has 1 saturated carbocycles. The number of amides is 1. The average molecular weight is 334 g/mol. The zero-order valence-electron chi connectivity index (χ0n) is 14.9. The fraction of sp³-hybridized carbons (Fsp3) is 0.632. The van der Waals surface area contributed by atoms with Crippen molar-refractivity contribution < 1.29 is 14.3 Å². The van der Waals surface area contributed by atoms with Gasteiger partial charge in [-0.05, 0) is 30.5 Å².